The first-order valence-electron chi connectivity index (χ1n) is 9.15. The SMILES string of the molecule is NC(=NCCCN1CCOCC1)NCCc1csc(-c2ccccc2)n1. The zero-order chi connectivity index (χ0) is 18.0. The van der Waals surface area contributed by atoms with Crippen molar-refractivity contribution in [3.8, 4) is 10.6 Å². The second-order valence-electron chi connectivity index (χ2n) is 6.26. The van der Waals surface area contributed by atoms with Crippen LogP contribution in [0, 0.1) is 0 Å². The Hall–Kier alpha value is -1.96. The number of morpholine rings is 1. The molecule has 6 nitrogen and oxygen atoms in total. The lowest BCUT2D eigenvalue weighted by molar-refractivity contribution is 0.0377. The van der Waals surface area contributed by atoms with Gasteiger partial charge in [-0.05, 0) is 6.42 Å². The van der Waals surface area contributed by atoms with Crippen molar-refractivity contribution in [2.45, 2.75) is 12.8 Å². The van der Waals surface area contributed by atoms with Crippen LogP contribution in [-0.4, -0.2) is 61.8 Å². The van der Waals surface area contributed by atoms with Crippen LogP contribution < -0.4 is 11.1 Å². The predicted octanol–water partition coefficient (Wildman–Crippen LogP) is 1.98. The molecule has 1 fully saturated rings. The molecule has 0 unspecified atom stereocenters. The average molecular weight is 374 g/mol. The fraction of sp³-hybridized carbons (Fsp3) is 0.474. The van der Waals surface area contributed by atoms with E-state index in [4.69, 9.17) is 10.5 Å². The highest BCUT2D eigenvalue weighted by molar-refractivity contribution is 7.13. The minimum Gasteiger partial charge on any atom is -0.379 e. The van der Waals surface area contributed by atoms with E-state index in [0.29, 0.717) is 5.96 Å². The number of hydrogen-bond donors (Lipinski definition) is 2. The number of thiazole rings is 1. The molecule has 0 amide bonds. The Bertz CT molecular complexity index is 682. The van der Waals surface area contributed by atoms with Crippen molar-refractivity contribution in [3.05, 3.63) is 41.4 Å². The highest BCUT2D eigenvalue weighted by Crippen LogP contribution is 2.23. The van der Waals surface area contributed by atoms with Crippen molar-refractivity contribution < 1.29 is 4.74 Å². The first kappa shape index (κ1) is 18.8. The van der Waals surface area contributed by atoms with Crippen molar-refractivity contribution in [1.82, 2.24) is 15.2 Å². The van der Waals surface area contributed by atoms with E-state index in [1.165, 1.54) is 0 Å². The molecule has 0 spiro atoms. The van der Waals surface area contributed by atoms with Gasteiger partial charge in [0.1, 0.15) is 5.01 Å². The van der Waals surface area contributed by atoms with E-state index in [9.17, 15) is 0 Å². The third-order valence-corrected chi connectivity index (χ3v) is 5.22. The van der Waals surface area contributed by atoms with Gasteiger partial charge in [0.2, 0.25) is 0 Å². The molecule has 1 aromatic heterocycles. The Kier molecular flexibility index (Phi) is 7.42. The largest absolute Gasteiger partial charge is 0.379 e. The summed E-state index contributed by atoms with van der Waals surface area (Å²) in [5.74, 6) is 0.519. The molecule has 3 rings (SSSR count). The number of aromatic nitrogens is 1. The van der Waals surface area contributed by atoms with E-state index in [0.717, 1.165) is 75.0 Å². The molecule has 2 heterocycles. The minimum absolute atomic E-state index is 0.519. The van der Waals surface area contributed by atoms with Crippen LogP contribution in [0.5, 0.6) is 0 Å². The van der Waals surface area contributed by atoms with E-state index in [1.54, 1.807) is 11.3 Å². The van der Waals surface area contributed by atoms with E-state index in [1.807, 2.05) is 18.2 Å². The molecule has 1 saturated heterocycles. The summed E-state index contributed by atoms with van der Waals surface area (Å²) in [7, 11) is 0. The molecule has 1 aliphatic rings. The summed E-state index contributed by atoms with van der Waals surface area (Å²) in [6.07, 6.45) is 1.86. The number of benzene rings is 1. The first-order valence-corrected chi connectivity index (χ1v) is 10.0. The Labute approximate surface area is 159 Å². The summed E-state index contributed by atoms with van der Waals surface area (Å²) < 4.78 is 5.35. The van der Waals surface area contributed by atoms with Crippen molar-refractivity contribution in [2.24, 2.45) is 10.7 Å². The maximum atomic E-state index is 5.94. The summed E-state index contributed by atoms with van der Waals surface area (Å²) in [6.45, 7) is 6.29. The second-order valence-corrected chi connectivity index (χ2v) is 7.12. The Morgan fingerprint density at radius 2 is 2.08 bits per heavy atom. The van der Waals surface area contributed by atoms with Gasteiger partial charge in [0, 0.05) is 50.1 Å². The number of aliphatic imine (C=N–C) groups is 1. The lowest BCUT2D eigenvalue weighted by Gasteiger charge is -2.26. The molecular weight excluding hydrogens is 346 g/mol. The van der Waals surface area contributed by atoms with Crippen LogP contribution in [0.25, 0.3) is 10.6 Å². The fourth-order valence-electron chi connectivity index (χ4n) is 2.83. The van der Waals surface area contributed by atoms with Gasteiger partial charge in [-0.2, -0.15) is 0 Å². The normalized spacial score (nSPS) is 15.9. The standard InChI is InChI=1S/C19H27N5OS/c20-19(21-8-4-10-24-11-13-25-14-12-24)22-9-7-17-15-26-18(23-17)16-5-2-1-3-6-16/h1-3,5-6,15H,4,7-14H2,(H3,20,21,22). The van der Waals surface area contributed by atoms with Crippen LogP contribution in [0.1, 0.15) is 12.1 Å². The minimum atomic E-state index is 0.519. The zero-order valence-electron chi connectivity index (χ0n) is 15.1. The fourth-order valence-corrected chi connectivity index (χ4v) is 3.69. The van der Waals surface area contributed by atoms with Gasteiger partial charge >= 0.3 is 0 Å². The van der Waals surface area contributed by atoms with Gasteiger partial charge < -0.3 is 15.8 Å². The lowest BCUT2D eigenvalue weighted by atomic mass is 10.2. The highest BCUT2D eigenvalue weighted by Gasteiger charge is 2.09. The molecular formula is C19H27N5OS. The van der Waals surface area contributed by atoms with E-state index >= 15 is 0 Å². The number of nitrogens with one attached hydrogen (secondary N) is 1. The predicted molar refractivity (Wildman–Crippen MR) is 108 cm³/mol. The third-order valence-electron chi connectivity index (χ3n) is 4.28. The molecule has 1 aromatic carbocycles. The number of guanidine groups is 1. The van der Waals surface area contributed by atoms with Crippen LogP contribution in [0.4, 0.5) is 0 Å². The lowest BCUT2D eigenvalue weighted by Crippen LogP contribution is -2.37. The van der Waals surface area contributed by atoms with Crippen molar-refractivity contribution in [2.75, 3.05) is 45.9 Å². The highest BCUT2D eigenvalue weighted by atomic mass is 32.1. The number of nitrogens with zero attached hydrogens (tertiary/aromatic N) is 3. The molecule has 0 aliphatic carbocycles. The van der Waals surface area contributed by atoms with E-state index in [2.05, 4.69) is 37.7 Å². The maximum Gasteiger partial charge on any atom is 0.188 e. The first-order chi connectivity index (χ1) is 12.8. The van der Waals surface area contributed by atoms with Gasteiger partial charge in [0.05, 0.1) is 18.9 Å². The summed E-state index contributed by atoms with van der Waals surface area (Å²) in [4.78, 5) is 11.5. The monoisotopic (exact) mass is 373 g/mol. The smallest absolute Gasteiger partial charge is 0.188 e. The van der Waals surface area contributed by atoms with Crippen LogP contribution in [0.2, 0.25) is 0 Å². The molecule has 0 atom stereocenters. The number of ether oxygens (including phenoxy) is 1. The van der Waals surface area contributed by atoms with Crippen LogP contribution in [0.3, 0.4) is 0 Å². The van der Waals surface area contributed by atoms with Gasteiger partial charge in [0.25, 0.3) is 0 Å². The van der Waals surface area contributed by atoms with Gasteiger partial charge in [-0.1, -0.05) is 30.3 Å². The molecule has 26 heavy (non-hydrogen) atoms. The Balaban J connectivity index is 1.33. The molecule has 0 radical (unpaired) electrons. The molecule has 0 saturated carbocycles. The maximum absolute atomic E-state index is 5.94. The summed E-state index contributed by atoms with van der Waals surface area (Å²) >= 11 is 1.68. The van der Waals surface area contributed by atoms with E-state index < -0.39 is 0 Å². The molecule has 140 valence electrons. The second kappa shape index (κ2) is 10.3. The molecule has 3 N–H and O–H groups in total. The summed E-state index contributed by atoms with van der Waals surface area (Å²) in [6, 6.07) is 10.3. The van der Waals surface area contributed by atoms with Gasteiger partial charge in [-0.25, -0.2) is 4.98 Å². The summed E-state index contributed by atoms with van der Waals surface area (Å²) in [5, 5.41) is 6.35. The summed E-state index contributed by atoms with van der Waals surface area (Å²) in [5.41, 5.74) is 8.19. The van der Waals surface area contributed by atoms with E-state index in [-0.39, 0.29) is 0 Å². The number of hydrogen-bond acceptors (Lipinski definition) is 5. The van der Waals surface area contributed by atoms with Gasteiger partial charge in [0.15, 0.2) is 5.96 Å². The van der Waals surface area contributed by atoms with Crippen molar-refractivity contribution in [1.29, 1.82) is 0 Å². The molecule has 7 heteroatoms. The Morgan fingerprint density at radius 3 is 2.88 bits per heavy atom. The molecule has 1 aliphatic heterocycles. The third kappa shape index (κ3) is 6.09. The number of rotatable bonds is 8. The average Bonchev–Trinajstić information content (AvgIpc) is 3.16. The van der Waals surface area contributed by atoms with Gasteiger partial charge in [-0.15, -0.1) is 11.3 Å². The molecule has 2 aromatic rings. The van der Waals surface area contributed by atoms with Crippen molar-refractivity contribution >= 4 is 17.3 Å². The zero-order valence-corrected chi connectivity index (χ0v) is 15.9. The van der Waals surface area contributed by atoms with Crippen LogP contribution in [0.15, 0.2) is 40.7 Å². The van der Waals surface area contributed by atoms with Crippen LogP contribution >= 0.6 is 11.3 Å². The van der Waals surface area contributed by atoms with Crippen molar-refractivity contribution in [3.63, 3.8) is 0 Å². The molecule has 0 bridgehead atoms. The Morgan fingerprint density at radius 1 is 1.27 bits per heavy atom. The topological polar surface area (TPSA) is 75.8 Å². The van der Waals surface area contributed by atoms with Gasteiger partial charge in [-0.3, -0.25) is 9.89 Å². The van der Waals surface area contributed by atoms with Crippen LogP contribution in [-0.2, 0) is 11.2 Å². The quantitative estimate of drug-likeness (QED) is 0.420. The number of nitrogens with two attached hydrogens (primary N) is 1.